The number of carboxylic acids is 1. The van der Waals surface area contributed by atoms with E-state index in [0.29, 0.717) is 5.56 Å². The maximum atomic E-state index is 11.4. The Kier molecular flexibility index (Phi) is 10.4. The summed E-state index contributed by atoms with van der Waals surface area (Å²) in [5.41, 5.74) is 1.24. The molecule has 138 valence electrons. The number of hydrogen-bond acceptors (Lipinski definition) is 2. The molecule has 0 heterocycles. The van der Waals surface area contributed by atoms with Crippen molar-refractivity contribution >= 4 is 11.5 Å². The monoisotopic (exact) mass is 344 g/mol. The Bertz CT molecular complexity index is 573. The van der Waals surface area contributed by atoms with Crippen molar-refractivity contribution in [3.63, 3.8) is 0 Å². The van der Waals surface area contributed by atoms with Gasteiger partial charge in [0, 0.05) is 0 Å². The molecule has 0 spiro atoms. The van der Waals surface area contributed by atoms with Crippen molar-refractivity contribution in [3.8, 4) is 5.75 Å². The number of aromatic hydroxyl groups is 1. The quantitative estimate of drug-likeness (QED) is 0.314. The minimum Gasteiger partial charge on any atom is -0.507 e. The molecule has 0 aliphatic heterocycles. The molecule has 0 saturated carbocycles. The minimum absolute atomic E-state index is 0.0549. The van der Waals surface area contributed by atoms with Gasteiger partial charge in [-0.1, -0.05) is 89.2 Å². The first kappa shape index (κ1) is 21.0. The molecule has 0 amide bonds. The molecule has 0 unspecified atom stereocenters. The van der Waals surface area contributed by atoms with Crippen LogP contribution in [0, 0.1) is 0 Å². The van der Waals surface area contributed by atoms with E-state index < -0.39 is 5.97 Å². The van der Waals surface area contributed by atoms with Crippen molar-refractivity contribution < 1.29 is 15.0 Å². The number of carboxylic acid groups (broad SMARTS) is 1. The summed E-state index contributed by atoms with van der Waals surface area (Å²) in [6, 6.07) is 4.77. The molecule has 0 bridgehead atoms. The SMILES string of the molecule is C=CC(=CCCCCCCCCCCC)c1cccc(O)c1C(=O)O. The van der Waals surface area contributed by atoms with E-state index in [0.717, 1.165) is 18.4 Å². The highest BCUT2D eigenvalue weighted by Gasteiger charge is 2.16. The van der Waals surface area contributed by atoms with E-state index in [1.807, 2.05) is 6.08 Å². The molecule has 0 saturated heterocycles. The van der Waals surface area contributed by atoms with Gasteiger partial charge in [0.2, 0.25) is 0 Å². The number of rotatable bonds is 13. The van der Waals surface area contributed by atoms with Gasteiger partial charge in [-0.2, -0.15) is 0 Å². The van der Waals surface area contributed by atoms with Gasteiger partial charge in [-0.3, -0.25) is 0 Å². The van der Waals surface area contributed by atoms with Crippen LogP contribution in [0.4, 0.5) is 0 Å². The van der Waals surface area contributed by atoms with Crippen LogP contribution in [0.5, 0.6) is 5.75 Å². The molecule has 25 heavy (non-hydrogen) atoms. The zero-order chi connectivity index (χ0) is 18.5. The molecule has 2 N–H and O–H groups in total. The van der Waals surface area contributed by atoms with Crippen molar-refractivity contribution in [3.05, 3.63) is 48.1 Å². The predicted octanol–water partition coefficient (Wildman–Crippen LogP) is 6.58. The van der Waals surface area contributed by atoms with Crippen LogP contribution in [0.3, 0.4) is 0 Å². The van der Waals surface area contributed by atoms with Crippen molar-refractivity contribution in [2.45, 2.75) is 71.1 Å². The molecule has 0 fully saturated rings. The summed E-state index contributed by atoms with van der Waals surface area (Å²) in [7, 11) is 0. The third-order valence-electron chi connectivity index (χ3n) is 4.46. The van der Waals surface area contributed by atoms with Crippen molar-refractivity contribution in [2.24, 2.45) is 0 Å². The van der Waals surface area contributed by atoms with Gasteiger partial charge in [-0.05, 0) is 30.0 Å². The summed E-state index contributed by atoms with van der Waals surface area (Å²) in [6.07, 6.45) is 16.1. The van der Waals surface area contributed by atoms with E-state index in [4.69, 9.17) is 0 Å². The Balaban J connectivity index is 2.45. The van der Waals surface area contributed by atoms with Crippen LogP contribution in [0.25, 0.3) is 5.57 Å². The number of aromatic carboxylic acids is 1. The van der Waals surface area contributed by atoms with Crippen LogP contribution >= 0.6 is 0 Å². The van der Waals surface area contributed by atoms with Gasteiger partial charge >= 0.3 is 5.97 Å². The van der Waals surface area contributed by atoms with Gasteiger partial charge in [-0.15, -0.1) is 0 Å². The van der Waals surface area contributed by atoms with Crippen LogP contribution in [0.1, 0.15) is 87.1 Å². The normalized spacial score (nSPS) is 11.5. The molecule has 3 nitrogen and oxygen atoms in total. The van der Waals surface area contributed by atoms with Crippen LogP contribution in [-0.2, 0) is 0 Å². The lowest BCUT2D eigenvalue weighted by Gasteiger charge is -2.09. The second-order valence-electron chi connectivity index (χ2n) is 6.49. The molecule has 0 aliphatic rings. The lowest BCUT2D eigenvalue weighted by Crippen LogP contribution is -2.02. The van der Waals surface area contributed by atoms with Crippen molar-refractivity contribution in [2.75, 3.05) is 0 Å². The van der Waals surface area contributed by atoms with Gasteiger partial charge < -0.3 is 10.2 Å². The third kappa shape index (κ3) is 7.59. The highest BCUT2D eigenvalue weighted by molar-refractivity contribution is 5.98. The summed E-state index contributed by atoms with van der Waals surface area (Å²) in [4.78, 5) is 11.4. The Morgan fingerprint density at radius 3 is 2.20 bits per heavy atom. The lowest BCUT2D eigenvalue weighted by atomic mass is 9.97. The molecule has 0 aliphatic carbocycles. The van der Waals surface area contributed by atoms with E-state index in [2.05, 4.69) is 13.5 Å². The van der Waals surface area contributed by atoms with E-state index in [1.54, 1.807) is 18.2 Å². The second kappa shape index (κ2) is 12.3. The maximum absolute atomic E-state index is 11.4. The molecule has 0 atom stereocenters. The van der Waals surface area contributed by atoms with Gasteiger partial charge in [-0.25, -0.2) is 4.79 Å². The first-order valence-corrected chi connectivity index (χ1v) is 9.50. The lowest BCUT2D eigenvalue weighted by molar-refractivity contribution is 0.0693. The van der Waals surface area contributed by atoms with Gasteiger partial charge in [0.1, 0.15) is 11.3 Å². The number of phenols is 1. The topological polar surface area (TPSA) is 57.5 Å². The molecule has 1 aromatic carbocycles. The molecule has 0 aromatic heterocycles. The van der Waals surface area contributed by atoms with Gasteiger partial charge in [0.15, 0.2) is 0 Å². The molecule has 0 radical (unpaired) electrons. The van der Waals surface area contributed by atoms with Gasteiger partial charge in [0.25, 0.3) is 0 Å². The fourth-order valence-electron chi connectivity index (χ4n) is 3.02. The average molecular weight is 344 g/mol. The van der Waals surface area contributed by atoms with Crippen molar-refractivity contribution in [1.82, 2.24) is 0 Å². The van der Waals surface area contributed by atoms with E-state index in [1.165, 1.54) is 57.4 Å². The minimum atomic E-state index is -1.12. The van der Waals surface area contributed by atoms with Crippen LogP contribution in [-0.4, -0.2) is 16.2 Å². The number of unbranched alkanes of at least 4 members (excludes halogenated alkanes) is 9. The van der Waals surface area contributed by atoms with E-state index in [-0.39, 0.29) is 11.3 Å². The number of hydrogen-bond donors (Lipinski definition) is 2. The zero-order valence-electron chi connectivity index (χ0n) is 15.5. The Labute approximate surface area is 152 Å². The van der Waals surface area contributed by atoms with E-state index >= 15 is 0 Å². The average Bonchev–Trinajstić information content (AvgIpc) is 2.59. The fraction of sp³-hybridized carbons (Fsp3) is 0.500. The van der Waals surface area contributed by atoms with Crippen LogP contribution < -0.4 is 0 Å². The molecular formula is C22H32O3. The first-order chi connectivity index (χ1) is 12.1. The van der Waals surface area contributed by atoms with Crippen LogP contribution in [0.15, 0.2) is 36.9 Å². The maximum Gasteiger partial charge on any atom is 0.340 e. The summed E-state index contributed by atoms with van der Waals surface area (Å²) >= 11 is 0. The smallest absolute Gasteiger partial charge is 0.340 e. The largest absolute Gasteiger partial charge is 0.507 e. The highest BCUT2D eigenvalue weighted by Crippen LogP contribution is 2.28. The number of carbonyl (C=O) groups is 1. The molecule has 1 rings (SSSR count). The van der Waals surface area contributed by atoms with Crippen molar-refractivity contribution in [1.29, 1.82) is 0 Å². The third-order valence-corrected chi connectivity index (χ3v) is 4.46. The predicted molar refractivity (Wildman–Crippen MR) is 105 cm³/mol. The summed E-state index contributed by atoms with van der Waals surface area (Å²) in [5.74, 6) is -1.33. The fourth-order valence-corrected chi connectivity index (χ4v) is 3.02. The molecular weight excluding hydrogens is 312 g/mol. The zero-order valence-corrected chi connectivity index (χ0v) is 15.5. The molecule has 3 heteroatoms. The Morgan fingerprint density at radius 2 is 1.64 bits per heavy atom. The molecule has 1 aromatic rings. The Morgan fingerprint density at radius 1 is 1.04 bits per heavy atom. The summed E-state index contributed by atoms with van der Waals surface area (Å²) < 4.78 is 0. The Hall–Kier alpha value is -2.03. The van der Waals surface area contributed by atoms with E-state index in [9.17, 15) is 15.0 Å². The van der Waals surface area contributed by atoms with Gasteiger partial charge in [0.05, 0.1) is 0 Å². The summed E-state index contributed by atoms with van der Waals surface area (Å²) in [5, 5.41) is 19.1. The second-order valence-corrected chi connectivity index (χ2v) is 6.49. The number of benzene rings is 1. The van der Waals surface area contributed by atoms with Crippen LogP contribution in [0.2, 0.25) is 0 Å². The first-order valence-electron chi connectivity index (χ1n) is 9.50. The summed E-state index contributed by atoms with van der Waals surface area (Å²) in [6.45, 7) is 6.03. The number of allylic oxidation sites excluding steroid dienone is 3. The standard InChI is InChI=1S/C22H32O3/c1-3-5-6-7-8-9-10-11-12-13-15-18(4-2)19-16-14-17-20(23)21(19)22(24)25/h4,14-17,23H,2-3,5-13H2,1H3,(H,24,25). The highest BCUT2D eigenvalue weighted by atomic mass is 16.4.